The minimum Gasteiger partial charge on any atom is -0.444 e. The van der Waals surface area contributed by atoms with Crippen LogP contribution in [0.1, 0.15) is 32.2 Å². The number of hydrogen-bond donors (Lipinski definition) is 0. The molecule has 3 heterocycles. The zero-order valence-corrected chi connectivity index (χ0v) is 20.1. The van der Waals surface area contributed by atoms with Crippen molar-refractivity contribution in [1.82, 2.24) is 19.7 Å². The first-order chi connectivity index (χ1) is 16.1. The van der Waals surface area contributed by atoms with E-state index in [2.05, 4.69) is 15.0 Å². The number of aryl methyl sites for hydroxylation is 2. The van der Waals surface area contributed by atoms with Crippen LogP contribution in [0.25, 0.3) is 27.7 Å². The average Bonchev–Trinajstić information content (AvgIpc) is 3.36. The van der Waals surface area contributed by atoms with Crippen molar-refractivity contribution in [3.05, 3.63) is 47.7 Å². The molecule has 0 unspecified atom stereocenters. The van der Waals surface area contributed by atoms with Crippen LogP contribution >= 0.6 is 0 Å². The molecule has 1 amide bonds. The number of nitrogens with zero attached hydrogens (tertiary/aromatic N) is 5. The summed E-state index contributed by atoms with van der Waals surface area (Å²) in [6.07, 6.45) is 1.51. The zero-order chi connectivity index (χ0) is 24.2. The number of ether oxygens (including phenoxy) is 1. The number of rotatable bonds is 2. The summed E-state index contributed by atoms with van der Waals surface area (Å²) in [5, 5.41) is 5.19. The molecule has 0 bridgehead atoms. The molecule has 0 N–H and O–H groups in total. The monoisotopic (exact) mass is 465 g/mol. The fourth-order valence-electron chi connectivity index (χ4n) is 4.29. The Labute approximate surface area is 196 Å². The second-order valence-corrected chi connectivity index (χ2v) is 9.74. The van der Waals surface area contributed by atoms with Gasteiger partial charge in [-0.3, -0.25) is 0 Å². The maximum Gasteiger partial charge on any atom is 0.410 e. The largest absolute Gasteiger partial charge is 0.444 e. The molecule has 1 saturated heterocycles. The van der Waals surface area contributed by atoms with Gasteiger partial charge in [-0.1, -0.05) is 0 Å². The number of amides is 1. The summed E-state index contributed by atoms with van der Waals surface area (Å²) in [6.45, 7) is 11.6. The number of piperazine rings is 1. The Balaban J connectivity index is 1.39. The molecule has 2 aromatic carbocycles. The van der Waals surface area contributed by atoms with Gasteiger partial charge in [0.05, 0.1) is 5.69 Å². The molecule has 1 aliphatic heterocycles. The Morgan fingerprint density at radius 2 is 1.76 bits per heavy atom. The number of aromatic nitrogens is 3. The van der Waals surface area contributed by atoms with Crippen LogP contribution < -0.4 is 4.90 Å². The molecule has 0 radical (unpaired) electrons. The predicted molar refractivity (Wildman–Crippen MR) is 128 cm³/mol. The highest BCUT2D eigenvalue weighted by molar-refractivity contribution is 5.84. The van der Waals surface area contributed by atoms with Crippen LogP contribution in [0.15, 0.2) is 34.9 Å². The minimum absolute atomic E-state index is 0.308. The topological polar surface area (TPSA) is 76.6 Å². The third-order valence-electron chi connectivity index (χ3n) is 5.89. The second-order valence-electron chi connectivity index (χ2n) is 9.74. The molecular formula is C25H28FN5O3. The summed E-state index contributed by atoms with van der Waals surface area (Å²) >= 11 is 0. The third-order valence-corrected chi connectivity index (χ3v) is 5.89. The molecular weight excluding hydrogens is 437 g/mol. The highest BCUT2D eigenvalue weighted by Gasteiger charge is 2.26. The standard InChI is InChI=1S/C25H28FN5O3/c1-15-10-19(13-21-22(15)27-16(2)33-21)31-14-17-11-18(12-20(26)23(17)28-31)29-6-8-30(9-7-29)24(32)34-25(3,4)5/h10-14H,6-9H2,1-5H3. The van der Waals surface area contributed by atoms with Crippen LogP contribution in [-0.4, -0.2) is 57.5 Å². The van der Waals surface area contributed by atoms with Crippen molar-refractivity contribution in [2.24, 2.45) is 0 Å². The van der Waals surface area contributed by atoms with Gasteiger partial charge in [0.25, 0.3) is 0 Å². The van der Waals surface area contributed by atoms with Gasteiger partial charge in [0.1, 0.15) is 16.6 Å². The number of anilines is 1. The van der Waals surface area contributed by atoms with Gasteiger partial charge in [0.2, 0.25) is 0 Å². The van der Waals surface area contributed by atoms with Crippen LogP contribution in [-0.2, 0) is 4.74 Å². The van der Waals surface area contributed by atoms with Crippen molar-refractivity contribution in [1.29, 1.82) is 0 Å². The Bertz CT molecular complexity index is 1390. The number of carbonyl (C=O) groups is 1. The van der Waals surface area contributed by atoms with E-state index in [0.717, 1.165) is 22.5 Å². The first-order valence-electron chi connectivity index (χ1n) is 11.4. The molecule has 0 spiro atoms. The van der Waals surface area contributed by atoms with E-state index in [9.17, 15) is 4.79 Å². The van der Waals surface area contributed by atoms with Gasteiger partial charge >= 0.3 is 6.09 Å². The van der Waals surface area contributed by atoms with Gasteiger partial charge in [-0.25, -0.2) is 18.9 Å². The highest BCUT2D eigenvalue weighted by atomic mass is 19.1. The summed E-state index contributed by atoms with van der Waals surface area (Å²) in [5.74, 6) is 0.220. The summed E-state index contributed by atoms with van der Waals surface area (Å²) < 4.78 is 27.9. The number of halogens is 1. The number of carbonyl (C=O) groups excluding carboxylic acids is 1. The van der Waals surface area contributed by atoms with Crippen molar-refractivity contribution in [3.63, 3.8) is 0 Å². The molecule has 2 aromatic heterocycles. The summed E-state index contributed by atoms with van der Waals surface area (Å²) in [7, 11) is 0. The lowest BCUT2D eigenvalue weighted by molar-refractivity contribution is 0.0240. The molecule has 0 saturated carbocycles. The van der Waals surface area contributed by atoms with E-state index in [1.165, 1.54) is 6.07 Å². The van der Waals surface area contributed by atoms with Gasteiger partial charge < -0.3 is 19.0 Å². The fraction of sp³-hybridized carbons (Fsp3) is 0.400. The normalized spacial score (nSPS) is 14.9. The third kappa shape index (κ3) is 4.18. The van der Waals surface area contributed by atoms with Gasteiger partial charge in [-0.15, -0.1) is 0 Å². The zero-order valence-electron chi connectivity index (χ0n) is 20.1. The molecule has 4 aromatic rings. The lowest BCUT2D eigenvalue weighted by Crippen LogP contribution is -2.50. The van der Waals surface area contributed by atoms with Crippen molar-refractivity contribution in [3.8, 4) is 5.69 Å². The molecule has 178 valence electrons. The summed E-state index contributed by atoms with van der Waals surface area (Å²) in [6, 6.07) is 7.28. The Kier molecular flexibility index (Phi) is 5.22. The van der Waals surface area contributed by atoms with Crippen LogP contribution in [0.5, 0.6) is 0 Å². The minimum atomic E-state index is -0.530. The Morgan fingerprint density at radius 1 is 1.03 bits per heavy atom. The number of hydrogen-bond acceptors (Lipinski definition) is 6. The summed E-state index contributed by atoms with van der Waals surface area (Å²) in [4.78, 5) is 20.5. The van der Waals surface area contributed by atoms with Crippen LogP contribution in [0.2, 0.25) is 0 Å². The number of benzene rings is 2. The molecule has 0 atom stereocenters. The van der Waals surface area contributed by atoms with E-state index in [1.54, 1.807) is 9.58 Å². The first-order valence-corrected chi connectivity index (χ1v) is 11.4. The molecule has 5 rings (SSSR count). The van der Waals surface area contributed by atoms with E-state index >= 15 is 4.39 Å². The number of oxazole rings is 1. The van der Waals surface area contributed by atoms with Gasteiger partial charge in [0, 0.05) is 56.4 Å². The quantitative estimate of drug-likeness (QED) is 0.416. The first kappa shape index (κ1) is 22.2. The fourth-order valence-corrected chi connectivity index (χ4v) is 4.29. The van der Waals surface area contributed by atoms with Crippen molar-refractivity contribution >= 4 is 33.8 Å². The lowest BCUT2D eigenvalue weighted by atomic mass is 10.2. The van der Waals surface area contributed by atoms with E-state index in [4.69, 9.17) is 9.15 Å². The maximum atomic E-state index is 15.0. The summed E-state index contributed by atoms with van der Waals surface area (Å²) in [5.41, 5.74) is 3.79. The number of fused-ring (bicyclic) bond motifs is 2. The lowest BCUT2D eigenvalue weighted by Gasteiger charge is -2.36. The van der Waals surface area contributed by atoms with E-state index < -0.39 is 5.60 Å². The molecule has 34 heavy (non-hydrogen) atoms. The Hall–Kier alpha value is -3.62. The van der Waals surface area contributed by atoms with Gasteiger partial charge in [-0.05, 0) is 51.5 Å². The Morgan fingerprint density at radius 3 is 2.47 bits per heavy atom. The maximum absolute atomic E-state index is 15.0. The van der Waals surface area contributed by atoms with Crippen LogP contribution in [0, 0.1) is 19.7 Å². The van der Waals surface area contributed by atoms with E-state index in [0.29, 0.717) is 48.6 Å². The van der Waals surface area contributed by atoms with Crippen molar-refractivity contribution in [2.75, 3.05) is 31.1 Å². The van der Waals surface area contributed by atoms with E-state index in [-0.39, 0.29) is 11.9 Å². The SMILES string of the molecule is Cc1nc2c(C)cc(-n3cc4cc(N5CCN(C(=O)OC(C)(C)C)CC5)cc(F)c4n3)cc2o1. The molecule has 0 aliphatic carbocycles. The predicted octanol–water partition coefficient (Wildman–Crippen LogP) is 4.98. The molecule has 9 heteroatoms. The van der Waals surface area contributed by atoms with Gasteiger partial charge in [-0.2, -0.15) is 5.10 Å². The molecule has 1 fully saturated rings. The van der Waals surface area contributed by atoms with Gasteiger partial charge in [0.15, 0.2) is 17.3 Å². The van der Waals surface area contributed by atoms with Crippen molar-refractivity contribution < 1.29 is 18.3 Å². The molecule has 8 nitrogen and oxygen atoms in total. The van der Waals surface area contributed by atoms with Crippen molar-refractivity contribution in [2.45, 2.75) is 40.2 Å². The molecule has 1 aliphatic rings. The highest BCUT2D eigenvalue weighted by Crippen LogP contribution is 2.28. The smallest absolute Gasteiger partial charge is 0.410 e. The van der Waals surface area contributed by atoms with Crippen LogP contribution in [0.4, 0.5) is 14.9 Å². The van der Waals surface area contributed by atoms with E-state index in [1.807, 2.05) is 59.0 Å². The van der Waals surface area contributed by atoms with Crippen LogP contribution in [0.3, 0.4) is 0 Å². The average molecular weight is 466 g/mol. The second kappa shape index (κ2) is 8.00.